The lowest BCUT2D eigenvalue weighted by molar-refractivity contribution is 0.158. The second-order valence-corrected chi connectivity index (χ2v) is 4.77. The lowest BCUT2D eigenvalue weighted by Crippen LogP contribution is -2.42. The maximum absolute atomic E-state index is 10.9. The van der Waals surface area contributed by atoms with Crippen LogP contribution in [0.25, 0.3) is 0 Å². The average Bonchev–Trinajstić information content (AvgIpc) is 2.88. The van der Waals surface area contributed by atoms with E-state index in [0.717, 1.165) is 31.3 Å². The van der Waals surface area contributed by atoms with Crippen molar-refractivity contribution in [3.8, 4) is 0 Å². The molecule has 3 aliphatic rings. The molecule has 0 N–H and O–H groups in total. The Morgan fingerprint density at radius 2 is 2.50 bits per heavy atom. The fourth-order valence-corrected chi connectivity index (χ4v) is 3.26. The van der Waals surface area contributed by atoms with E-state index in [1.807, 2.05) is 0 Å². The number of rotatable bonds is 0. The normalized spacial score (nSPS) is 49.2. The Morgan fingerprint density at radius 3 is 3.29 bits per heavy atom. The average molecular weight is 190 g/mol. The first-order valence-corrected chi connectivity index (χ1v) is 5.33. The van der Waals surface area contributed by atoms with E-state index in [-0.39, 0.29) is 11.0 Å². The summed E-state index contributed by atoms with van der Waals surface area (Å²) in [6, 6.07) is 0. The molecule has 0 bridgehead atoms. The molecule has 74 valence electrons. The lowest BCUT2D eigenvalue weighted by Gasteiger charge is -2.40. The van der Waals surface area contributed by atoms with Gasteiger partial charge in [-0.1, -0.05) is 12.2 Å². The molecule has 0 unspecified atom stereocenters. The van der Waals surface area contributed by atoms with Gasteiger partial charge in [-0.25, -0.2) is 4.79 Å². The van der Waals surface area contributed by atoms with Gasteiger partial charge in [0.15, 0.2) is 0 Å². The van der Waals surface area contributed by atoms with E-state index in [4.69, 9.17) is 4.74 Å². The molecule has 1 saturated carbocycles. The van der Waals surface area contributed by atoms with Crippen molar-refractivity contribution in [1.29, 1.82) is 0 Å². The molecule has 2 heteroatoms. The summed E-state index contributed by atoms with van der Waals surface area (Å²) < 4.78 is 5.84. The van der Waals surface area contributed by atoms with Crippen LogP contribution in [0.4, 0.5) is 0 Å². The maximum Gasteiger partial charge on any atom is 0.124 e. The summed E-state index contributed by atoms with van der Waals surface area (Å²) >= 11 is 0. The van der Waals surface area contributed by atoms with Crippen LogP contribution in [-0.2, 0) is 9.53 Å². The molecule has 3 rings (SSSR count). The summed E-state index contributed by atoms with van der Waals surface area (Å²) in [4.78, 5) is 10.9. The van der Waals surface area contributed by atoms with Gasteiger partial charge in [0.25, 0.3) is 0 Å². The predicted molar refractivity (Wildman–Crippen MR) is 52.5 cm³/mol. The molecule has 0 aromatic rings. The Morgan fingerprint density at radius 1 is 1.64 bits per heavy atom. The van der Waals surface area contributed by atoms with Gasteiger partial charge in [-0.05, 0) is 32.6 Å². The summed E-state index contributed by atoms with van der Waals surface area (Å²) in [7, 11) is 0. The summed E-state index contributed by atoms with van der Waals surface area (Å²) in [5, 5.41) is 0. The van der Waals surface area contributed by atoms with E-state index in [9.17, 15) is 4.79 Å². The first-order valence-electron chi connectivity index (χ1n) is 5.33. The van der Waals surface area contributed by atoms with E-state index in [1.54, 1.807) is 0 Å². The van der Waals surface area contributed by atoms with Crippen LogP contribution in [-0.4, -0.2) is 17.6 Å². The second-order valence-electron chi connectivity index (χ2n) is 4.77. The van der Waals surface area contributed by atoms with E-state index in [0.29, 0.717) is 6.10 Å². The molecule has 2 fully saturated rings. The van der Waals surface area contributed by atoms with Crippen molar-refractivity contribution in [2.24, 2.45) is 5.41 Å². The number of carbonyl (C=O) groups excluding carboxylic acids is 1. The molecule has 0 radical (unpaired) electrons. The highest BCUT2D eigenvalue weighted by Crippen LogP contribution is 2.63. The zero-order valence-electron chi connectivity index (χ0n) is 8.38. The van der Waals surface area contributed by atoms with E-state index in [2.05, 4.69) is 25.0 Å². The smallest absolute Gasteiger partial charge is 0.124 e. The van der Waals surface area contributed by atoms with Crippen molar-refractivity contribution in [2.45, 2.75) is 44.3 Å². The van der Waals surface area contributed by atoms with Crippen molar-refractivity contribution in [3.63, 3.8) is 0 Å². The third-order valence-electron chi connectivity index (χ3n) is 4.22. The van der Waals surface area contributed by atoms with Crippen molar-refractivity contribution in [2.75, 3.05) is 0 Å². The fourth-order valence-electron chi connectivity index (χ4n) is 3.26. The molecule has 2 aliphatic carbocycles. The Bertz CT molecular complexity index is 365. The molecule has 1 aliphatic heterocycles. The molecule has 0 amide bonds. The van der Waals surface area contributed by atoms with Crippen LogP contribution in [0.5, 0.6) is 0 Å². The monoisotopic (exact) mass is 190 g/mol. The van der Waals surface area contributed by atoms with Crippen LogP contribution < -0.4 is 0 Å². The van der Waals surface area contributed by atoms with Crippen molar-refractivity contribution >= 4 is 5.94 Å². The third-order valence-corrected chi connectivity index (χ3v) is 4.22. The van der Waals surface area contributed by atoms with Gasteiger partial charge in [-0.15, -0.1) is 0 Å². The van der Waals surface area contributed by atoms with E-state index >= 15 is 0 Å². The maximum atomic E-state index is 10.9. The molecule has 0 aromatic carbocycles. The van der Waals surface area contributed by atoms with Crippen LogP contribution in [0.15, 0.2) is 17.7 Å². The molecular formula is C12H14O2. The Kier molecular flexibility index (Phi) is 1.44. The molecule has 14 heavy (non-hydrogen) atoms. The number of ether oxygens (including phenoxy) is 1. The van der Waals surface area contributed by atoms with Gasteiger partial charge in [-0.2, -0.15) is 0 Å². The highest BCUT2D eigenvalue weighted by molar-refractivity contribution is 5.59. The summed E-state index contributed by atoms with van der Waals surface area (Å²) in [5.41, 5.74) is 0.713. The third kappa shape index (κ3) is 0.749. The van der Waals surface area contributed by atoms with Gasteiger partial charge in [-0.3, -0.25) is 0 Å². The van der Waals surface area contributed by atoms with Gasteiger partial charge < -0.3 is 4.74 Å². The Balaban J connectivity index is 2.14. The largest absolute Gasteiger partial charge is 0.364 e. The summed E-state index contributed by atoms with van der Waals surface area (Å²) in [5.74, 6) is 2.13. The van der Waals surface area contributed by atoms with Crippen molar-refractivity contribution < 1.29 is 9.53 Å². The van der Waals surface area contributed by atoms with Gasteiger partial charge >= 0.3 is 0 Å². The van der Waals surface area contributed by atoms with Crippen molar-refractivity contribution in [1.82, 2.24) is 0 Å². The first kappa shape index (κ1) is 8.46. The number of epoxide rings is 1. The molecule has 0 aromatic heterocycles. The minimum Gasteiger partial charge on any atom is -0.364 e. The SMILES string of the molecule is C[C@]12C=CC[C@@H]3O[C@@]31CCCC2=C=O. The van der Waals surface area contributed by atoms with Gasteiger partial charge in [0.1, 0.15) is 11.5 Å². The summed E-state index contributed by atoms with van der Waals surface area (Å²) in [6.07, 6.45) is 8.76. The highest BCUT2D eigenvalue weighted by Gasteiger charge is 2.68. The van der Waals surface area contributed by atoms with Crippen LogP contribution in [0, 0.1) is 5.41 Å². The van der Waals surface area contributed by atoms with Crippen LogP contribution >= 0.6 is 0 Å². The predicted octanol–water partition coefficient (Wildman–Crippen LogP) is 2.03. The first-order chi connectivity index (χ1) is 6.73. The molecular weight excluding hydrogens is 176 g/mol. The molecule has 1 heterocycles. The zero-order valence-corrected chi connectivity index (χ0v) is 8.38. The van der Waals surface area contributed by atoms with Gasteiger partial charge in [0, 0.05) is 11.0 Å². The van der Waals surface area contributed by atoms with E-state index in [1.165, 1.54) is 0 Å². The van der Waals surface area contributed by atoms with E-state index < -0.39 is 0 Å². The summed E-state index contributed by atoms with van der Waals surface area (Å²) in [6.45, 7) is 2.13. The molecule has 1 saturated heterocycles. The number of hydrogen-bond donors (Lipinski definition) is 0. The standard InChI is InChI=1S/C12H14O2/c1-11-6-3-5-10-12(11,14-10)7-2-4-9(11)8-13/h3,6,10H,2,4-5,7H2,1H3/t10-,11+,12-/m0/s1. The molecule has 1 spiro atoms. The quantitative estimate of drug-likeness (QED) is 0.332. The second kappa shape index (κ2) is 2.39. The zero-order chi connectivity index (χ0) is 9.81. The minimum atomic E-state index is -0.157. The fraction of sp³-hybridized carbons (Fsp3) is 0.667. The molecule has 3 atom stereocenters. The molecule has 2 nitrogen and oxygen atoms in total. The van der Waals surface area contributed by atoms with Gasteiger partial charge in [0.2, 0.25) is 0 Å². The van der Waals surface area contributed by atoms with Crippen LogP contribution in [0.2, 0.25) is 0 Å². The Labute approximate surface area is 83.6 Å². The van der Waals surface area contributed by atoms with Crippen LogP contribution in [0.1, 0.15) is 32.6 Å². The van der Waals surface area contributed by atoms with Crippen LogP contribution in [0.3, 0.4) is 0 Å². The van der Waals surface area contributed by atoms with Gasteiger partial charge in [0.05, 0.1) is 6.10 Å². The Hall–Kier alpha value is -0.850. The topological polar surface area (TPSA) is 29.6 Å². The minimum absolute atomic E-state index is 0.0350. The lowest BCUT2D eigenvalue weighted by atomic mass is 9.61. The number of hydrogen-bond acceptors (Lipinski definition) is 2. The van der Waals surface area contributed by atoms with Crippen molar-refractivity contribution in [3.05, 3.63) is 17.7 Å². The highest BCUT2D eigenvalue weighted by atomic mass is 16.6.